The average Bonchev–Trinajstić information content (AvgIpc) is 3.11. The second-order valence-electron chi connectivity index (χ2n) is 6.48. The van der Waals surface area contributed by atoms with Gasteiger partial charge in [0.2, 0.25) is 0 Å². The van der Waals surface area contributed by atoms with Crippen LogP contribution in [0.1, 0.15) is 18.9 Å². The molecule has 4 nitrogen and oxygen atoms in total. The fraction of sp³-hybridized carbons (Fsp3) is 0.286. The van der Waals surface area contributed by atoms with Gasteiger partial charge in [-0.1, -0.05) is 19.1 Å². The second-order valence-corrected chi connectivity index (χ2v) is 6.48. The first-order valence-corrected chi connectivity index (χ1v) is 8.80. The largest absolute Gasteiger partial charge is 0.497 e. The Balaban J connectivity index is 1.83. The maximum atomic E-state index is 13.7. The molecule has 0 aromatic heterocycles. The normalized spacial score (nSPS) is 13.3. The average molecular weight is 372 g/mol. The first-order valence-electron chi connectivity index (χ1n) is 8.80. The Bertz CT molecular complexity index is 867. The molecular weight excluding hydrogens is 350 g/mol. The highest BCUT2D eigenvalue weighted by Crippen LogP contribution is 2.30. The van der Waals surface area contributed by atoms with Crippen molar-refractivity contribution in [3.05, 3.63) is 66.0 Å². The summed E-state index contributed by atoms with van der Waals surface area (Å²) in [6.07, 6.45) is 4.35. The van der Waals surface area contributed by atoms with Crippen LogP contribution in [0.3, 0.4) is 0 Å². The molecule has 0 spiro atoms. The van der Waals surface area contributed by atoms with Gasteiger partial charge < -0.3 is 14.5 Å². The fourth-order valence-corrected chi connectivity index (χ4v) is 3.03. The summed E-state index contributed by atoms with van der Waals surface area (Å²) in [7, 11) is 1.57. The molecule has 1 aliphatic rings. The highest BCUT2D eigenvalue weighted by Gasteiger charge is 2.17. The number of methoxy groups -OCH3 is 1. The minimum Gasteiger partial charge on any atom is -0.497 e. The molecule has 6 heteroatoms. The lowest BCUT2D eigenvalue weighted by Gasteiger charge is -2.22. The summed E-state index contributed by atoms with van der Waals surface area (Å²) < 4.78 is 32.3. The molecule has 0 saturated carbocycles. The lowest BCUT2D eigenvalue weighted by molar-refractivity contribution is -0.119. The Morgan fingerprint density at radius 1 is 1.07 bits per heavy atom. The van der Waals surface area contributed by atoms with Gasteiger partial charge in [-0.3, -0.25) is 4.79 Å². The molecule has 1 aliphatic heterocycles. The summed E-state index contributed by atoms with van der Waals surface area (Å²) in [5, 5.41) is 0. The third kappa shape index (κ3) is 4.45. The van der Waals surface area contributed by atoms with Crippen LogP contribution in [0.5, 0.6) is 5.75 Å². The molecule has 2 aromatic rings. The predicted molar refractivity (Wildman–Crippen MR) is 99.9 cm³/mol. The molecule has 0 unspecified atom stereocenters. The lowest BCUT2D eigenvalue weighted by Crippen LogP contribution is -2.29. The standard InChI is InChI=1S/C21H22F2N2O2/c1-3-17(26)13-25-9-8-24(14-25)12-16-4-6-18(27-2)11-19(16)15-5-7-20(22)21(23)10-15/h4-11H,3,12-14H2,1-2H3. The molecule has 0 N–H and O–H groups in total. The summed E-state index contributed by atoms with van der Waals surface area (Å²) in [6, 6.07) is 9.46. The van der Waals surface area contributed by atoms with E-state index >= 15 is 0 Å². The maximum absolute atomic E-state index is 13.7. The van der Waals surface area contributed by atoms with Crippen LogP contribution in [-0.4, -0.2) is 35.9 Å². The summed E-state index contributed by atoms with van der Waals surface area (Å²) in [6.45, 7) is 3.42. The van der Waals surface area contributed by atoms with Gasteiger partial charge in [0.05, 0.1) is 20.3 Å². The molecule has 3 rings (SSSR count). The van der Waals surface area contributed by atoms with Crippen LogP contribution in [0.25, 0.3) is 11.1 Å². The summed E-state index contributed by atoms with van der Waals surface area (Å²) in [5.41, 5.74) is 2.32. The highest BCUT2D eigenvalue weighted by atomic mass is 19.2. The zero-order chi connectivity index (χ0) is 19.4. The van der Waals surface area contributed by atoms with Crippen molar-refractivity contribution >= 4 is 5.78 Å². The fourth-order valence-electron chi connectivity index (χ4n) is 3.03. The van der Waals surface area contributed by atoms with Gasteiger partial charge in [-0.05, 0) is 41.0 Å². The molecule has 1 heterocycles. The van der Waals surface area contributed by atoms with Gasteiger partial charge in [-0.2, -0.15) is 0 Å². The van der Waals surface area contributed by atoms with Crippen LogP contribution in [0.4, 0.5) is 8.78 Å². The van der Waals surface area contributed by atoms with Crippen LogP contribution in [0.2, 0.25) is 0 Å². The number of hydrogen-bond donors (Lipinski definition) is 0. The van der Waals surface area contributed by atoms with Crippen molar-refractivity contribution in [2.45, 2.75) is 19.9 Å². The van der Waals surface area contributed by atoms with E-state index in [2.05, 4.69) is 4.90 Å². The van der Waals surface area contributed by atoms with Gasteiger partial charge in [0.25, 0.3) is 0 Å². The summed E-state index contributed by atoms with van der Waals surface area (Å²) >= 11 is 0. The highest BCUT2D eigenvalue weighted by molar-refractivity contribution is 5.80. The van der Waals surface area contributed by atoms with Crippen molar-refractivity contribution in [2.24, 2.45) is 0 Å². The van der Waals surface area contributed by atoms with E-state index in [1.165, 1.54) is 6.07 Å². The van der Waals surface area contributed by atoms with Gasteiger partial charge in [-0.15, -0.1) is 0 Å². The van der Waals surface area contributed by atoms with Gasteiger partial charge >= 0.3 is 0 Å². The van der Waals surface area contributed by atoms with Crippen LogP contribution in [-0.2, 0) is 11.3 Å². The van der Waals surface area contributed by atoms with E-state index in [0.29, 0.717) is 37.5 Å². The third-order valence-corrected chi connectivity index (χ3v) is 4.55. The van der Waals surface area contributed by atoms with E-state index in [-0.39, 0.29) is 5.78 Å². The molecule has 0 atom stereocenters. The maximum Gasteiger partial charge on any atom is 0.159 e. The Hall–Kier alpha value is -2.89. The van der Waals surface area contributed by atoms with E-state index in [0.717, 1.165) is 17.2 Å². The minimum absolute atomic E-state index is 0.188. The summed E-state index contributed by atoms with van der Waals surface area (Å²) in [4.78, 5) is 15.6. The Morgan fingerprint density at radius 2 is 1.85 bits per heavy atom. The number of nitrogens with zero attached hydrogens (tertiary/aromatic N) is 2. The smallest absolute Gasteiger partial charge is 0.159 e. The van der Waals surface area contributed by atoms with Gasteiger partial charge in [0.1, 0.15) is 5.75 Å². The quantitative estimate of drug-likeness (QED) is 0.730. The van der Waals surface area contributed by atoms with Crippen molar-refractivity contribution in [3.63, 3.8) is 0 Å². The predicted octanol–water partition coefficient (Wildman–Crippen LogP) is 4.17. The molecule has 2 aromatic carbocycles. The first kappa shape index (κ1) is 18.9. The zero-order valence-corrected chi connectivity index (χ0v) is 15.4. The van der Waals surface area contributed by atoms with Crippen molar-refractivity contribution in [1.82, 2.24) is 9.80 Å². The zero-order valence-electron chi connectivity index (χ0n) is 15.4. The second kappa shape index (κ2) is 8.20. The molecular formula is C21H22F2N2O2. The van der Waals surface area contributed by atoms with Crippen LogP contribution < -0.4 is 4.74 Å². The number of halogens is 2. The number of Topliss-reactive ketones (excluding diaryl/α,β-unsaturated/α-hetero) is 1. The SMILES string of the molecule is CCC(=O)CN1C=CN(Cc2ccc(OC)cc2-c2ccc(F)c(F)c2)C1. The van der Waals surface area contributed by atoms with E-state index < -0.39 is 11.6 Å². The Labute approximate surface area is 157 Å². The van der Waals surface area contributed by atoms with E-state index in [1.807, 2.05) is 42.4 Å². The number of benzene rings is 2. The van der Waals surface area contributed by atoms with E-state index in [9.17, 15) is 13.6 Å². The molecule has 142 valence electrons. The topological polar surface area (TPSA) is 32.8 Å². The molecule has 0 bridgehead atoms. The number of ketones is 1. The number of ether oxygens (including phenoxy) is 1. The van der Waals surface area contributed by atoms with E-state index in [1.54, 1.807) is 13.2 Å². The van der Waals surface area contributed by atoms with Crippen LogP contribution in [0, 0.1) is 11.6 Å². The Morgan fingerprint density at radius 3 is 2.56 bits per heavy atom. The van der Waals surface area contributed by atoms with Gasteiger partial charge in [0, 0.05) is 25.4 Å². The van der Waals surface area contributed by atoms with Gasteiger partial charge in [-0.25, -0.2) is 8.78 Å². The number of hydrogen-bond acceptors (Lipinski definition) is 4. The van der Waals surface area contributed by atoms with E-state index in [4.69, 9.17) is 4.74 Å². The monoisotopic (exact) mass is 372 g/mol. The van der Waals surface area contributed by atoms with Crippen LogP contribution in [0.15, 0.2) is 48.8 Å². The number of carbonyl (C=O) groups excluding carboxylic acids is 1. The number of carbonyl (C=O) groups is 1. The number of rotatable bonds is 7. The van der Waals surface area contributed by atoms with Gasteiger partial charge in [0.15, 0.2) is 17.4 Å². The van der Waals surface area contributed by atoms with Crippen molar-refractivity contribution < 1.29 is 18.3 Å². The van der Waals surface area contributed by atoms with Crippen molar-refractivity contribution in [1.29, 1.82) is 0 Å². The molecule has 0 saturated heterocycles. The molecule has 0 aliphatic carbocycles. The molecule has 27 heavy (non-hydrogen) atoms. The molecule has 0 radical (unpaired) electrons. The Kier molecular flexibility index (Phi) is 5.74. The third-order valence-electron chi connectivity index (χ3n) is 4.55. The first-order chi connectivity index (χ1) is 13.0. The van der Waals surface area contributed by atoms with Crippen molar-refractivity contribution in [2.75, 3.05) is 20.3 Å². The summed E-state index contributed by atoms with van der Waals surface area (Å²) in [5.74, 6) is -0.924. The van der Waals surface area contributed by atoms with Crippen LogP contribution >= 0.6 is 0 Å². The van der Waals surface area contributed by atoms with Crippen molar-refractivity contribution in [3.8, 4) is 16.9 Å². The molecule has 0 amide bonds. The lowest BCUT2D eigenvalue weighted by atomic mass is 9.98. The minimum atomic E-state index is -0.883. The molecule has 0 fully saturated rings.